The zero-order valence-electron chi connectivity index (χ0n) is 17.1. The number of phenols is 1. The van der Waals surface area contributed by atoms with Crippen molar-refractivity contribution < 1.29 is 19.2 Å². The van der Waals surface area contributed by atoms with E-state index in [2.05, 4.69) is 10.5 Å². The molecule has 0 bridgehead atoms. The van der Waals surface area contributed by atoms with Crippen molar-refractivity contribution in [2.45, 2.75) is 31.6 Å². The van der Waals surface area contributed by atoms with E-state index in [1.165, 1.54) is 7.11 Å². The minimum atomic E-state index is -0.342. The van der Waals surface area contributed by atoms with E-state index in [1.807, 2.05) is 37.3 Å². The number of anilines is 1. The van der Waals surface area contributed by atoms with Gasteiger partial charge in [-0.15, -0.1) is 0 Å². The summed E-state index contributed by atoms with van der Waals surface area (Å²) in [5.41, 5.74) is 5.04. The Morgan fingerprint density at radius 2 is 1.90 bits per heavy atom. The lowest BCUT2D eigenvalue weighted by Gasteiger charge is -2.34. The van der Waals surface area contributed by atoms with Crippen LogP contribution in [0.25, 0.3) is 0 Å². The quantitative estimate of drug-likeness (QED) is 0.578. The van der Waals surface area contributed by atoms with E-state index in [0.29, 0.717) is 29.5 Å². The maximum absolute atomic E-state index is 13.5. The smallest absolute Gasteiger partial charge is 0.233 e. The lowest BCUT2D eigenvalue weighted by molar-refractivity contribution is -0.116. The number of aromatic nitrogens is 1. The molecule has 0 spiro atoms. The number of ketones is 1. The summed E-state index contributed by atoms with van der Waals surface area (Å²) in [6, 6.07) is 12.8. The van der Waals surface area contributed by atoms with Crippen molar-refractivity contribution in [2.24, 2.45) is 0 Å². The van der Waals surface area contributed by atoms with E-state index in [0.717, 1.165) is 33.7 Å². The Balaban J connectivity index is 1.62. The summed E-state index contributed by atoms with van der Waals surface area (Å²) < 4.78 is 10.9. The predicted octanol–water partition coefficient (Wildman–Crippen LogP) is 5.31. The van der Waals surface area contributed by atoms with E-state index in [-0.39, 0.29) is 23.4 Å². The van der Waals surface area contributed by atoms with Crippen molar-refractivity contribution in [3.05, 3.63) is 81.1 Å². The van der Waals surface area contributed by atoms with Crippen molar-refractivity contribution in [2.75, 3.05) is 12.4 Å². The number of aryl methyl sites for hydroxylation is 1. The maximum Gasteiger partial charge on any atom is 0.233 e. The average Bonchev–Trinajstić information content (AvgIpc) is 3.13. The molecule has 158 valence electrons. The number of methoxy groups -OCH3 is 1. The molecular weight excluding hydrogens is 416 g/mol. The Morgan fingerprint density at radius 3 is 2.65 bits per heavy atom. The molecule has 2 aliphatic rings. The highest BCUT2D eigenvalue weighted by Gasteiger charge is 2.41. The van der Waals surface area contributed by atoms with E-state index >= 15 is 0 Å². The molecule has 31 heavy (non-hydrogen) atoms. The van der Waals surface area contributed by atoms with Crippen LogP contribution in [0.5, 0.6) is 11.5 Å². The highest BCUT2D eigenvalue weighted by molar-refractivity contribution is 6.30. The second kappa shape index (κ2) is 7.46. The molecule has 0 saturated carbocycles. The standard InChI is InChI=1S/C24H21ClN2O4/c1-12-21-22(14-5-8-18(28)20(11-14)30-2)23-17(26-24(21)31-27-12)9-15(10-19(23)29)13-3-6-16(25)7-4-13/h3-8,11,15,22,26,28H,9-10H2,1-2H3. The Hall–Kier alpha value is -3.25. The molecule has 2 aromatic carbocycles. The molecule has 0 saturated heterocycles. The van der Waals surface area contributed by atoms with Crippen LogP contribution in [0.15, 0.2) is 58.3 Å². The summed E-state index contributed by atoms with van der Waals surface area (Å²) in [5.74, 6) is 0.752. The van der Waals surface area contributed by atoms with Gasteiger partial charge < -0.3 is 19.7 Å². The van der Waals surface area contributed by atoms with Crippen LogP contribution in [0.4, 0.5) is 5.88 Å². The number of allylic oxidation sites excluding steroid dienone is 2. The van der Waals surface area contributed by atoms with Crippen LogP contribution in [0.2, 0.25) is 5.02 Å². The van der Waals surface area contributed by atoms with Gasteiger partial charge in [0.05, 0.1) is 18.4 Å². The fraction of sp³-hybridized carbons (Fsp3) is 0.250. The first-order valence-corrected chi connectivity index (χ1v) is 10.5. The van der Waals surface area contributed by atoms with Gasteiger partial charge in [0.15, 0.2) is 17.3 Å². The van der Waals surface area contributed by atoms with Crippen molar-refractivity contribution in [1.82, 2.24) is 5.16 Å². The Labute approximate surface area is 184 Å². The van der Waals surface area contributed by atoms with Gasteiger partial charge in [-0.25, -0.2) is 0 Å². The first-order chi connectivity index (χ1) is 15.0. The zero-order valence-corrected chi connectivity index (χ0v) is 17.9. The lowest BCUT2D eigenvalue weighted by Crippen LogP contribution is -2.29. The third-order valence-electron chi connectivity index (χ3n) is 6.14. The third kappa shape index (κ3) is 3.27. The van der Waals surface area contributed by atoms with Crippen LogP contribution < -0.4 is 10.1 Å². The van der Waals surface area contributed by atoms with Gasteiger partial charge in [-0.05, 0) is 54.7 Å². The molecular formula is C24H21ClN2O4. The predicted molar refractivity (Wildman–Crippen MR) is 117 cm³/mol. The van der Waals surface area contributed by atoms with Gasteiger partial charge in [-0.3, -0.25) is 4.79 Å². The molecule has 0 radical (unpaired) electrons. The van der Waals surface area contributed by atoms with Gasteiger partial charge in [0.2, 0.25) is 5.88 Å². The van der Waals surface area contributed by atoms with Gasteiger partial charge in [0, 0.05) is 28.6 Å². The SMILES string of the molecule is COc1cc(C2C3=C(CC(c4ccc(Cl)cc4)CC3=O)Nc3onc(C)c32)ccc1O. The van der Waals surface area contributed by atoms with Crippen molar-refractivity contribution in [3.8, 4) is 11.5 Å². The Kier molecular flexibility index (Phi) is 4.74. The molecule has 2 atom stereocenters. The number of fused-ring (bicyclic) bond motifs is 1. The molecule has 0 fully saturated rings. The number of ether oxygens (including phenoxy) is 1. The van der Waals surface area contributed by atoms with Crippen LogP contribution >= 0.6 is 11.6 Å². The number of aromatic hydroxyl groups is 1. The maximum atomic E-state index is 13.5. The summed E-state index contributed by atoms with van der Waals surface area (Å²) in [5, 5.41) is 18.2. The van der Waals surface area contributed by atoms with Crippen molar-refractivity contribution in [3.63, 3.8) is 0 Å². The van der Waals surface area contributed by atoms with E-state index in [4.69, 9.17) is 20.9 Å². The summed E-state index contributed by atoms with van der Waals surface area (Å²) in [6.07, 6.45) is 1.08. The molecule has 1 aromatic heterocycles. The molecule has 0 amide bonds. The van der Waals surface area contributed by atoms with Gasteiger partial charge in [-0.2, -0.15) is 0 Å². The van der Waals surface area contributed by atoms with Crippen LogP contribution in [-0.4, -0.2) is 23.2 Å². The van der Waals surface area contributed by atoms with E-state index in [9.17, 15) is 9.90 Å². The number of Topliss-reactive ketones (excluding diaryl/α,β-unsaturated/α-hetero) is 1. The minimum Gasteiger partial charge on any atom is -0.504 e. The monoisotopic (exact) mass is 436 g/mol. The fourth-order valence-electron chi connectivity index (χ4n) is 4.65. The molecule has 1 aliphatic carbocycles. The number of carbonyl (C=O) groups is 1. The molecule has 5 rings (SSSR count). The van der Waals surface area contributed by atoms with Gasteiger partial charge >= 0.3 is 0 Å². The summed E-state index contributed by atoms with van der Waals surface area (Å²) >= 11 is 6.04. The lowest BCUT2D eigenvalue weighted by atomic mass is 9.72. The number of rotatable bonds is 3. The number of halogens is 1. The van der Waals surface area contributed by atoms with E-state index < -0.39 is 0 Å². The zero-order chi connectivity index (χ0) is 21.7. The van der Waals surface area contributed by atoms with Crippen LogP contribution in [0, 0.1) is 6.92 Å². The summed E-state index contributed by atoms with van der Waals surface area (Å²) in [4.78, 5) is 13.5. The van der Waals surface area contributed by atoms with Crippen molar-refractivity contribution >= 4 is 23.3 Å². The molecule has 7 heteroatoms. The van der Waals surface area contributed by atoms with Crippen LogP contribution in [-0.2, 0) is 4.79 Å². The van der Waals surface area contributed by atoms with Gasteiger partial charge in [-0.1, -0.05) is 35.0 Å². The average molecular weight is 437 g/mol. The minimum absolute atomic E-state index is 0.0504. The molecule has 3 aromatic rings. The normalized spacial score (nSPS) is 20.2. The van der Waals surface area contributed by atoms with Crippen LogP contribution in [0.1, 0.15) is 47.1 Å². The Morgan fingerprint density at radius 1 is 1.16 bits per heavy atom. The van der Waals surface area contributed by atoms with Crippen LogP contribution in [0.3, 0.4) is 0 Å². The summed E-state index contributed by atoms with van der Waals surface area (Å²) in [7, 11) is 1.50. The number of carbonyl (C=O) groups excluding carboxylic acids is 1. The summed E-state index contributed by atoms with van der Waals surface area (Å²) in [6.45, 7) is 1.87. The topological polar surface area (TPSA) is 84.6 Å². The number of hydrogen-bond donors (Lipinski definition) is 2. The number of phenolic OH excluding ortho intramolecular Hbond substituents is 1. The number of benzene rings is 2. The number of nitrogens with one attached hydrogen (secondary N) is 1. The van der Waals surface area contributed by atoms with Crippen molar-refractivity contribution in [1.29, 1.82) is 0 Å². The number of hydrogen-bond acceptors (Lipinski definition) is 6. The Bertz CT molecular complexity index is 1210. The highest BCUT2D eigenvalue weighted by atomic mass is 35.5. The molecule has 2 unspecified atom stereocenters. The highest BCUT2D eigenvalue weighted by Crippen LogP contribution is 2.49. The second-order valence-corrected chi connectivity index (χ2v) is 8.41. The fourth-order valence-corrected chi connectivity index (χ4v) is 4.78. The van der Waals surface area contributed by atoms with Gasteiger partial charge in [0.1, 0.15) is 0 Å². The first-order valence-electron chi connectivity index (χ1n) is 10.1. The second-order valence-electron chi connectivity index (χ2n) is 7.97. The molecule has 2 heterocycles. The first kappa shape index (κ1) is 19.7. The number of nitrogens with zero attached hydrogens (tertiary/aromatic N) is 1. The molecule has 6 nitrogen and oxygen atoms in total. The third-order valence-corrected chi connectivity index (χ3v) is 6.39. The van der Waals surface area contributed by atoms with E-state index in [1.54, 1.807) is 12.1 Å². The largest absolute Gasteiger partial charge is 0.504 e. The molecule has 2 N–H and O–H groups in total. The molecule has 1 aliphatic heterocycles. The van der Waals surface area contributed by atoms with Gasteiger partial charge in [0.25, 0.3) is 0 Å².